The molecule has 1 rings (SSSR count). The lowest BCUT2D eigenvalue weighted by atomic mass is 10.2. The molecule has 0 spiro atoms. The van der Waals surface area contributed by atoms with Crippen molar-refractivity contribution in [1.82, 2.24) is 0 Å². The zero-order valence-electron chi connectivity index (χ0n) is 10.1. The van der Waals surface area contributed by atoms with Gasteiger partial charge in [-0.25, -0.2) is 4.79 Å². The highest BCUT2D eigenvalue weighted by Crippen LogP contribution is 2.19. The van der Waals surface area contributed by atoms with Crippen LogP contribution in [0.3, 0.4) is 0 Å². The lowest BCUT2D eigenvalue weighted by Crippen LogP contribution is -2.13. The van der Waals surface area contributed by atoms with Crippen molar-refractivity contribution < 1.29 is 19.0 Å². The molecule has 18 heavy (non-hydrogen) atoms. The second-order valence-corrected chi connectivity index (χ2v) is 3.89. The largest absolute Gasteiger partial charge is 0.460 e. The van der Waals surface area contributed by atoms with Gasteiger partial charge < -0.3 is 19.9 Å². The van der Waals surface area contributed by atoms with Crippen LogP contribution >= 0.6 is 11.6 Å². The van der Waals surface area contributed by atoms with Gasteiger partial charge in [0, 0.05) is 12.8 Å². The molecule has 0 amide bonds. The van der Waals surface area contributed by atoms with Crippen LogP contribution in [0.25, 0.3) is 0 Å². The Hall–Kier alpha value is -1.30. The lowest BCUT2D eigenvalue weighted by Gasteiger charge is -2.07. The van der Waals surface area contributed by atoms with E-state index in [2.05, 4.69) is 0 Å². The number of benzene rings is 1. The number of esters is 1. The number of anilines is 1. The third-order valence-electron chi connectivity index (χ3n) is 2.11. The number of nitrogen functional groups attached to an aromatic ring is 1. The van der Waals surface area contributed by atoms with Crippen molar-refractivity contribution in [2.45, 2.75) is 0 Å². The van der Waals surface area contributed by atoms with Crippen LogP contribution < -0.4 is 5.73 Å². The SMILES string of the molecule is COCCOCCOC(=O)c1ccc(N)cc1Cl. The van der Waals surface area contributed by atoms with Crippen LogP contribution in [0.4, 0.5) is 5.69 Å². The number of hydrogen-bond acceptors (Lipinski definition) is 5. The fraction of sp³-hybridized carbons (Fsp3) is 0.417. The van der Waals surface area contributed by atoms with E-state index in [0.717, 1.165) is 0 Å². The Morgan fingerprint density at radius 1 is 1.28 bits per heavy atom. The van der Waals surface area contributed by atoms with Gasteiger partial charge in [-0.1, -0.05) is 11.6 Å². The molecule has 0 aromatic heterocycles. The number of nitrogens with two attached hydrogens (primary N) is 1. The van der Waals surface area contributed by atoms with E-state index in [-0.39, 0.29) is 11.6 Å². The predicted octanol–water partition coefficient (Wildman–Crippen LogP) is 1.74. The van der Waals surface area contributed by atoms with Gasteiger partial charge in [-0.3, -0.25) is 0 Å². The van der Waals surface area contributed by atoms with Gasteiger partial charge in [0.15, 0.2) is 0 Å². The minimum absolute atomic E-state index is 0.170. The number of methoxy groups -OCH3 is 1. The highest BCUT2D eigenvalue weighted by molar-refractivity contribution is 6.33. The molecule has 0 aliphatic rings. The van der Waals surface area contributed by atoms with Crippen LogP contribution in [0.15, 0.2) is 18.2 Å². The van der Waals surface area contributed by atoms with Crippen molar-refractivity contribution in [2.75, 3.05) is 39.3 Å². The maximum absolute atomic E-state index is 11.6. The minimum Gasteiger partial charge on any atom is -0.460 e. The van der Waals surface area contributed by atoms with E-state index in [9.17, 15) is 4.79 Å². The number of halogens is 1. The number of carbonyl (C=O) groups is 1. The molecule has 0 radical (unpaired) electrons. The Balaban J connectivity index is 2.32. The summed E-state index contributed by atoms with van der Waals surface area (Å²) < 4.78 is 15.0. The van der Waals surface area contributed by atoms with Gasteiger partial charge in [0.2, 0.25) is 0 Å². The third kappa shape index (κ3) is 4.91. The van der Waals surface area contributed by atoms with Crippen molar-refractivity contribution in [2.24, 2.45) is 0 Å². The predicted molar refractivity (Wildman–Crippen MR) is 68.8 cm³/mol. The van der Waals surface area contributed by atoms with Crippen molar-refractivity contribution in [3.05, 3.63) is 28.8 Å². The standard InChI is InChI=1S/C12H16ClNO4/c1-16-4-5-17-6-7-18-12(15)10-3-2-9(14)8-11(10)13/h2-3,8H,4-7,14H2,1H3. The fourth-order valence-corrected chi connectivity index (χ4v) is 1.48. The second kappa shape index (κ2) is 7.92. The Morgan fingerprint density at radius 2 is 2.00 bits per heavy atom. The maximum atomic E-state index is 11.6. The molecule has 100 valence electrons. The number of carbonyl (C=O) groups excluding carboxylic acids is 1. The summed E-state index contributed by atoms with van der Waals surface area (Å²) in [5.74, 6) is -0.490. The number of ether oxygens (including phenoxy) is 3. The average Bonchev–Trinajstić information content (AvgIpc) is 2.33. The van der Waals surface area contributed by atoms with Crippen LogP contribution in [-0.4, -0.2) is 39.5 Å². The molecule has 2 N–H and O–H groups in total. The monoisotopic (exact) mass is 273 g/mol. The summed E-state index contributed by atoms with van der Waals surface area (Å²) in [5.41, 5.74) is 6.32. The quantitative estimate of drug-likeness (QED) is 0.465. The average molecular weight is 274 g/mol. The van der Waals surface area contributed by atoms with Crippen molar-refractivity contribution >= 4 is 23.3 Å². The van der Waals surface area contributed by atoms with Crippen molar-refractivity contribution in [3.63, 3.8) is 0 Å². The highest BCUT2D eigenvalue weighted by Gasteiger charge is 2.11. The Labute approximate surface area is 111 Å². The van der Waals surface area contributed by atoms with Gasteiger partial charge in [-0.05, 0) is 18.2 Å². The van der Waals surface area contributed by atoms with Crippen LogP contribution in [0.1, 0.15) is 10.4 Å². The van der Waals surface area contributed by atoms with Gasteiger partial charge in [0.25, 0.3) is 0 Å². The van der Waals surface area contributed by atoms with E-state index in [1.807, 2.05) is 0 Å². The molecule has 0 atom stereocenters. The van der Waals surface area contributed by atoms with E-state index in [4.69, 9.17) is 31.5 Å². The summed E-state index contributed by atoms with van der Waals surface area (Å²) in [6, 6.07) is 4.64. The molecule has 0 saturated heterocycles. The molecule has 0 aliphatic heterocycles. The van der Waals surface area contributed by atoms with Gasteiger partial charge in [0.05, 0.1) is 30.4 Å². The van der Waals surface area contributed by atoms with Gasteiger partial charge in [0.1, 0.15) is 6.61 Å². The summed E-state index contributed by atoms with van der Waals surface area (Å²) in [6.07, 6.45) is 0. The molecule has 0 heterocycles. The molecule has 1 aromatic rings. The summed E-state index contributed by atoms with van der Waals surface area (Å²) in [7, 11) is 1.59. The molecule has 0 saturated carbocycles. The highest BCUT2D eigenvalue weighted by atomic mass is 35.5. The molecule has 0 bridgehead atoms. The Morgan fingerprint density at radius 3 is 2.67 bits per heavy atom. The molecular formula is C12H16ClNO4. The van der Waals surface area contributed by atoms with Gasteiger partial charge >= 0.3 is 5.97 Å². The zero-order chi connectivity index (χ0) is 13.4. The second-order valence-electron chi connectivity index (χ2n) is 3.48. The Kier molecular flexibility index (Phi) is 6.49. The van der Waals surface area contributed by atoms with E-state index in [0.29, 0.717) is 31.1 Å². The van der Waals surface area contributed by atoms with Gasteiger partial charge in [-0.2, -0.15) is 0 Å². The first kappa shape index (κ1) is 14.8. The molecule has 5 nitrogen and oxygen atoms in total. The lowest BCUT2D eigenvalue weighted by molar-refractivity contribution is 0.0214. The molecular weight excluding hydrogens is 258 g/mol. The molecule has 0 unspecified atom stereocenters. The first-order chi connectivity index (χ1) is 8.65. The molecule has 6 heteroatoms. The maximum Gasteiger partial charge on any atom is 0.339 e. The van der Waals surface area contributed by atoms with E-state index < -0.39 is 5.97 Å². The van der Waals surface area contributed by atoms with Crippen LogP contribution in [-0.2, 0) is 14.2 Å². The summed E-state index contributed by atoms with van der Waals surface area (Å²) in [5, 5.41) is 0.278. The van der Waals surface area contributed by atoms with E-state index >= 15 is 0 Å². The smallest absolute Gasteiger partial charge is 0.339 e. The summed E-state index contributed by atoms with van der Waals surface area (Å²) in [4.78, 5) is 11.6. The summed E-state index contributed by atoms with van der Waals surface area (Å²) in [6.45, 7) is 1.47. The van der Waals surface area contributed by atoms with Crippen molar-refractivity contribution in [3.8, 4) is 0 Å². The number of rotatable bonds is 7. The molecule has 1 aromatic carbocycles. The topological polar surface area (TPSA) is 70.8 Å². The molecule has 0 fully saturated rings. The van der Waals surface area contributed by atoms with Crippen LogP contribution in [0.5, 0.6) is 0 Å². The molecule has 0 aliphatic carbocycles. The Bertz CT molecular complexity index is 398. The first-order valence-corrected chi connectivity index (χ1v) is 5.81. The van der Waals surface area contributed by atoms with Crippen LogP contribution in [0, 0.1) is 0 Å². The van der Waals surface area contributed by atoms with Gasteiger partial charge in [-0.15, -0.1) is 0 Å². The normalized spacial score (nSPS) is 10.3. The van der Waals surface area contributed by atoms with Crippen LogP contribution in [0.2, 0.25) is 5.02 Å². The zero-order valence-corrected chi connectivity index (χ0v) is 10.9. The van der Waals surface area contributed by atoms with Crippen molar-refractivity contribution in [1.29, 1.82) is 0 Å². The minimum atomic E-state index is -0.490. The van der Waals surface area contributed by atoms with E-state index in [1.165, 1.54) is 12.1 Å². The third-order valence-corrected chi connectivity index (χ3v) is 2.42. The van der Waals surface area contributed by atoms with E-state index in [1.54, 1.807) is 13.2 Å². The number of hydrogen-bond donors (Lipinski definition) is 1. The first-order valence-electron chi connectivity index (χ1n) is 5.44. The fourth-order valence-electron chi connectivity index (χ4n) is 1.21. The summed E-state index contributed by atoms with van der Waals surface area (Å²) >= 11 is 5.88.